The van der Waals surface area contributed by atoms with Crippen LogP contribution in [0.2, 0.25) is 0 Å². The number of ether oxygens (including phenoxy) is 1. The number of benzene rings is 2. The van der Waals surface area contributed by atoms with Crippen LogP contribution in [0.4, 0.5) is 13.2 Å². The van der Waals surface area contributed by atoms with E-state index in [1.807, 2.05) is 37.3 Å². The summed E-state index contributed by atoms with van der Waals surface area (Å²) in [7, 11) is 1.62. The summed E-state index contributed by atoms with van der Waals surface area (Å²) in [5, 5.41) is 0.764. The fraction of sp³-hybridized carbons (Fsp3) is 0.200. The smallest absolute Gasteiger partial charge is 0.416 e. The Kier molecular flexibility index (Phi) is 5.70. The molecule has 0 aliphatic heterocycles. The van der Waals surface area contributed by atoms with Crippen LogP contribution in [-0.2, 0) is 11.9 Å². The Morgan fingerprint density at radius 3 is 2.41 bits per heavy atom. The molecular formula is C20H17F3N2OS. The minimum Gasteiger partial charge on any atom is -0.497 e. The van der Waals surface area contributed by atoms with Gasteiger partial charge in [-0.1, -0.05) is 24.3 Å². The summed E-state index contributed by atoms with van der Waals surface area (Å²) in [4.78, 5) is 8.85. The zero-order chi connectivity index (χ0) is 19.4. The first kappa shape index (κ1) is 19.2. The topological polar surface area (TPSA) is 35.0 Å². The van der Waals surface area contributed by atoms with Crippen molar-refractivity contribution in [2.24, 2.45) is 0 Å². The Balaban J connectivity index is 1.79. The number of thioether (sulfide) groups is 1. The quantitative estimate of drug-likeness (QED) is 0.409. The standard InChI is InChI=1S/C20H17F3N2OS/c1-13-10-18(27-12-14-4-3-5-17(11-14)26-2)25-19(24-13)15-6-8-16(9-7-15)20(21,22)23/h3-11H,12H2,1-2H3. The highest BCUT2D eigenvalue weighted by molar-refractivity contribution is 7.98. The van der Waals surface area contributed by atoms with Crippen molar-refractivity contribution in [1.29, 1.82) is 0 Å². The number of aryl methyl sites for hydroxylation is 1. The summed E-state index contributed by atoms with van der Waals surface area (Å²) < 4.78 is 43.4. The number of nitrogens with zero attached hydrogens (tertiary/aromatic N) is 2. The van der Waals surface area contributed by atoms with Gasteiger partial charge in [-0.25, -0.2) is 9.97 Å². The third kappa shape index (κ3) is 5.01. The molecule has 0 saturated heterocycles. The van der Waals surface area contributed by atoms with Crippen molar-refractivity contribution in [3.63, 3.8) is 0 Å². The van der Waals surface area contributed by atoms with E-state index in [9.17, 15) is 13.2 Å². The average molecular weight is 390 g/mol. The highest BCUT2D eigenvalue weighted by atomic mass is 32.2. The van der Waals surface area contributed by atoms with Gasteiger partial charge in [0.1, 0.15) is 10.8 Å². The van der Waals surface area contributed by atoms with E-state index in [0.29, 0.717) is 17.1 Å². The normalized spacial score (nSPS) is 11.4. The van der Waals surface area contributed by atoms with Gasteiger partial charge in [-0.05, 0) is 42.8 Å². The Morgan fingerprint density at radius 1 is 1.00 bits per heavy atom. The molecule has 3 nitrogen and oxygen atoms in total. The minimum atomic E-state index is -4.36. The summed E-state index contributed by atoms with van der Waals surface area (Å²) in [6.07, 6.45) is -4.36. The molecule has 0 N–H and O–H groups in total. The van der Waals surface area contributed by atoms with E-state index < -0.39 is 11.7 Å². The zero-order valence-electron chi connectivity index (χ0n) is 14.7. The van der Waals surface area contributed by atoms with Gasteiger partial charge in [0, 0.05) is 17.0 Å². The van der Waals surface area contributed by atoms with E-state index in [1.54, 1.807) is 7.11 Å². The van der Waals surface area contributed by atoms with Gasteiger partial charge in [0.25, 0.3) is 0 Å². The molecule has 0 aliphatic rings. The van der Waals surface area contributed by atoms with Gasteiger partial charge in [-0.3, -0.25) is 0 Å². The predicted octanol–water partition coefficient (Wildman–Crippen LogP) is 5.77. The fourth-order valence-corrected chi connectivity index (χ4v) is 3.37. The lowest BCUT2D eigenvalue weighted by Crippen LogP contribution is -2.04. The number of aromatic nitrogens is 2. The van der Waals surface area contributed by atoms with Crippen molar-refractivity contribution in [2.45, 2.75) is 23.9 Å². The van der Waals surface area contributed by atoms with Gasteiger partial charge in [-0.15, -0.1) is 11.8 Å². The second kappa shape index (κ2) is 8.00. The van der Waals surface area contributed by atoms with Crippen LogP contribution in [0.15, 0.2) is 59.6 Å². The number of alkyl halides is 3. The molecule has 0 bridgehead atoms. The fourth-order valence-electron chi connectivity index (χ4n) is 2.47. The van der Waals surface area contributed by atoms with Crippen LogP contribution < -0.4 is 4.74 Å². The molecule has 0 aliphatic carbocycles. The predicted molar refractivity (Wildman–Crippen MR) is 99.8 cm³/mol. The van der Waals surface area contributed by atoms with Crippen molar-refractivity contribution in [3.05, 3.63) is 71.4 Å². The molecule has 0 amide bonds. The lowest BCUT2D eigenvalue weighted by Gasteiger charge is -2.09. The summed E-state index contributed by atoms with van der Waals surface area (Å²) in [6, 6.07) is 14.5. The van der Waals surface area contributed by atoms with Gasteiger partial charge in [0.05, 0.1) is 12.7 Å². The molecule has 0 atom stereocenters. The number of hydrogen-bond acceptors (Lipinski definition) is 4. The maximum Gasteiger partial charge on any atom is 0.416 e. The van der Waals surface area contributed by atoms with Crippen LogP contribution in [0.3, 0.4) is 0 Å². The monoisotopic (exact) mass is 390 g/mol. The molecule has 0 radical (unpaired) electrons. The van der Waals surface area contributed by atoms with Crippen molar-refractivity contribution in [3.8, 4) is 17.1 Å². The first-order chi connectivity index (χ1) is 12.8. The van der Waals surface area contributed by atoms with Crippen LogP contribution in [0.1, 0.15) is 16.8 Å². The maximum absolute atomic E-state index is 12.7. The molecular weight excluding hydrogens is 373 g/mol. The van der Waals surface area contributed by atoms with Gasteiger partial charge < -0.3 is 4.74 Å². The van der Waals surface area contributed by atoms with Crippen molar-refractivity contribution in [1.82, 2.24) is 9.97 Å². The van der Waals surface area contributed by atoms with Gasteiger partial charge in [-0.2, -0.15) is 13.2 Å². The largest absolute Gasteiger partial charge is 0.497 e. The average Bonchev–Trinajstić information content (AvgIpc) is 2.65. The number of hydrogen-bond donors (Lipinski definition) is 0. The highest BCUT2D eigenvalue weighted by Gasteiger charge is 2.30. The molecule has 0 unspecified atom stereocenters. The third-order valence-corrected chi connectivity index (χ3v) is 4.80. The number of rotatable bonds is 5. The van der Waals surface area contributed by atoms with E-state index in [0.717, 1.165) is 34.2 Å². The summed E-state index contributed by atoms with van der Waals surface area (Å²) in [5.74, 6) is 1.90. The van der Waals surface area contributed by atoms with Crippen molar-refractivity contribution in [2.75, 3.05) is 7.11 Å². The minimum absolute atomic E-state index is 0.414. The van der Waals surface area contributed by atoms with E-state index >= 15 is 0 Å². The van der Waals surface area contributed by atoms with Crippen molar-refractivity contribution >= 4 is 11.8 Å². The molecule has 1 aromatic heterocycles. The number of halogens is 3. The van der Waals surface area contributed by atoms with Crippen LogP contribution in [0.25, 0.3) is 11.4 Å². The second-order valence-electron chi connectivity index (χ2n) is 5.89. The number of methoxy groups -OCH3 is 1. The van der Waals surface area contributed by atoms with E-state index in [1.165, 1.54) is 23.9 Å². The molecule has 2 aromatic carbocycles. The highest BCUT2D eigenvalue weighted by Crippen LogP contribution is 2.31. The van der Waals surface area contributed by atoms with Crippen LogP contribution in [-0.4, -0.2) is 17.1 Å². The molecule has 3 aromatic rings. The maximum atomic E-state index is 12.7. The van der Waals surface area contributed by atoms with Crippen LogP contribution in [0, 0.1) is 6.92 Å². The molecule has 0 saturated carbocycles. The lowest BCUT2D eigenvalue weighted by atomic mass is 10.1. The lowest BCUT2D eigenvalue weighted by molar-refractivity contribution is -0.137. The summed E-state index contributed by atoms with van der Waals surface area (Å²) in [5.41, 5.74) is 1.71. The zero-order valence-corrected chi connectivity index (χ0v) is 15.6. The van der Waals surface area contributed by atoms with Gasteiger partial charge in [0.15, 0.2) is 5.82 Å². The Hall–Kier alpha value is -2.54. The molecule has 140 valence electrons. The van der Waals surface area contributed by atoms with Crippen molar-refractivity contribution < 1.29 is 17.9 Å². The van der Waals surface area contributed by atoms with E-state index in [2.05, 4.69) is 9.97 Å². The second-order valence-corrected chi connectivity index (χ2v) is 6.88. The summed E-state index contributed by atoms with van der Waals surface area (Å²) >= 11 is 1.54. The SMILES string of the molecule is COc1cccc(CSc2cc(C)nc(-c3ccc(C(F)(F)F)cc3)n2)c1. The van der Waals surface area contributed by atoms with Gasteiger partial charge in [0.2, 0.25) is 0 Å². The molecule has 0 spiro atoms. The third-order valence-electron chi connectivity index (χ3n) is 3.82. The Morgan fingerprint density at radius 2 is 1.74 bits per heavy atom. The van der Waals surface area contributed by atoms with E-state index in [4.69, 9.17) is 4.74 Å². The van der Waals surface area contributed by atoms with Gasteiger partial charge >= 0.3 is 6.18 Å². The molecule has 0 fully saturated rings. The first-order valence-electron chi connectivity index (χ1n) is 8.14. The molecule has 1 heterocycles. The van der Waals surface area contributed by atoms with Crippen LogP contribution >= 0.6 is 11.8 Å². The summed E-state index contributed by atoms with van der Waals surface area (Å²) in [6.45, 7) is 1.84. The Labute approximate surface area is 159 Å². The molecule has 7 heteroatoms. The van der Waals surface area contributed by atoms with E-state index in [-0.39, 0.29) is 0 Å². The first-order valence-corrected chi connectivity index (χ1v) is 9.13. The molecule has 27 heavy (non-hydrogen) atoms. The molecule has 3 rings (SSSR count). The van der Waals surface area contributed by atoms with Crippen LogP contribution in [0.5, 0.6) is 5.75 Å². The Bertz CT molecular complexity index is 927.